The molecule has 0 saturated heterocycles. The smallest absolute Gasteiger partial charge is 0.652 e. The molecule has 152 valence electrons. The minimum absolute atomic E-state index is 0. The Hall–Kier alpha value is -1.09. The van der Waals surface area contributed by atoms with E-state index >= 15 is 0 Å². The van der Waals surface area contributed by atoms with Gasteiger partial charge in [-0.15, -0.1) is 6.04 Å². The molecular formula is C24H29CuLiNOSi. The number of hydrogen-bond donors (Lipinski definition) is 0. The van der Waals surface area contributed by atoms with Gasteiger partial charge in [0.15, 0.2) is 0 Å². The molecule has 3 rings (SSSR count). The molecule has 0 aromatic heterocycles. The van der Waals surface area contributed by atoms with Crippen LogP contribution >= 0.6 is 0 Å². The fourth-order valence-electron chi connectivity index (χ4n) is 3.57. The summed E-state index contributed by atoms with van der Waals surface area (Å²) in [6.07, 6.45) is -0.0459. The SMILES string of the molecule is CO[C@H](c1ccccc1)[C@H](C)[N-][Si](C)(c1ccccc1)c1ccccc1.[CH3-].[Cu+].[Li+]. The van der Waals surface area contributed by atoms with Gasteiger partial charge >= 0.3 is 35.9 Å². The van der Waals surface area contributed by atoms with E-state index in [0.717, 1.165) is 0 Å². The molecule has 0 radical (unpaired) electrons. The Morgan fingerprint density at radius 2 is 1.14 bits per heavy atom. The van der Waals surface area contributed by atoms with Gasteiger partial charge < -0.3 is 17.1 Å². The second-order valence-corrected chi connectivity index (χ2v) is 10.3. The van der Waals surface area contributed by atoms with Crippen LogP contribution in [0.25, 0.3) is 4.98 Å². The molecule has 0 N–H and O–H groups in total. The van der Waals surface area contributed by atoms with Gasteiger partial charge in [0, 0.05) is 15.3 Å². The van der Waals surface area contributed by atoms with Crippen LogP contribution < -0.4 is 29.2 Å². The van der Waals surface area contributed by atoms with Crippen LogP contribution in [0, 0.1) is 7.43 Å². The zero-order valence-electron chi connectivity index (χ0n) is 18.0. The van der Waals surface area contributed by atoms with Gasteiger partial charge in [0.2, 0.25) is 0 Å². The molecule has 0 amide bonds. The summed E-state index contributed by atoms with van der Waals surface area (Å²) < 4.78 is 5.84. The molecule has 0 bridgehead atoms. The fraction of sp³-hybridized carbons (Fsp3) is 0.208. The third-order valence-corrected chi connectivity index (χ3v) is 8.79. The molecule has 3 aromatic rings. The summed E-state index contributed by atoms with van der Waals surface area (Å²) >= 11 is 0. The van der Waals surface area contributed by atoms with Crippen LogP contribution in [-0.2, 0) is 21.8 Å². The monoisotopic (exact) mass is 445 g/mol. The summed E-state index contributed by atoms with van der Waals surface area (Å²) in [6, 6.07) is 31.8. The maximum atomic E-state index is 5.84. The number of nitrogens with zero attached hydrogens (tertiary/aromatic N) is 1. The maximum Gasteiger partial charge on any atom is 1.00 e. The second-order valence-electron chi connectivity index (χ2n) is 6.74. The number of benzene rings is 3. The third-order valence-electron chi connectivity index (χ3n) is 4.95. The van der Waals surface area contributed by atoms with E-state index in [0.29, 0.717) is 0 Å². The Bertz CT molecular complexity index is 765. The molecule has 0 unspecified atom stereocenters. The first-order valence-electron chi connectivity index (χ1n) is 9.06. The van der Waals surface area contributed by atoms with Crippen molar-refractivity contribution in [1.29, 1.82) is 0 Å². The zero-order valence-corrected chi connectivity index (χ0v) is 19.9. The van der Waals surface area contributed by atoms with E-state index in [-0.39, 0.29) is 55.5 Å². The molecule has 0 heterocycles. The van der Waals surface area contributed by atoms with Crippen molar-refractivity contribution in [2.75, 3.05) is 7.11 Å². The van der Waals surface area contributed by atoms with E-state index in [9.17, 15) is 0 Å². The maximum absolute atomic E-state index is 5.84. The zero-order chi connectivity index (χ0) is 18.4. The van der Waals surface area contributed by atoms with Gasteiger partial charge in [0.1, 0.15) is 0 Å². The number of ether oxygens (including phenoxy) is 1. The summed E-state index contributed by atoms with van der Waals surface area (Å²) in [5.41, 5.74) is 1.17. The predicted molar refractivity (Wildman–Crippen MR) is 119 cm³/mol. The first kappa shape index (κ1) is 27.9. The Morgan fingerprint density at radius 3 is 1.52 bits per heavy atom. The van der Waals surface area contributed by atoms with Gasteiger partial charge in [-0.3, -0.25) is 0 Å². The molecule has 0 fully saturated rings. The Kier molecular flexibility index (Phi) is 12.8. The summed E-state index contributed by atoms with van der Waals surface area (Å²) in [6.45, 7) is 4.49. The molecule has 0 aliphatic carbocycles. The second kappa shape index (κ2) is 13.3. The van der Waals surface area contributed by atoms with Crippen molar-refractivity contribution in [1.82, 2.24) is 0 Å². The molecule has 3 aromatic carbocycles. The van der Waals surface area contributed by atoms with Gasteiger partial charge in [-0.05, 0) is 5.56 Å². The van der Waals surface area contributed by atoms with Gasteiger partial charge in [-0.1, -0.05) is 115 Å². The largest absolute Gasteiger partial charge is 1.00 e. The average Bonchev–Trinajstić information content (AvgIpc) is 2.70. The molecule has 2 atom stereocenters. The molecule has 0 spiro atoms. The topological polar surface area (TPSA) is 23.3 Å². The molecule has 5 heteroatoms. The Labute approximate surface area is 200 Å². The van der Waals surface area contributed by atoms with Crippen molar-refractivity contribution in [2.24, 2.45) is 0 Å². The van der Waals surface area contributed by atoms with E-state index < -0.39 is 8.24 Å². The third kappa shape index (κ3) is 6.71. The van der Waals surface area contributed by atoms with Crippen LogP contribution in [0.4, 0.5) is 0 Å². The van der Waals surface area contributed by atoms with Crippen LogP contribution in [0.2, 0.25) is 6.55 Å². The van der Waals surface area contributed by atoms with Crippen LogP contribution in [0.3, 0.4) is 0 Å². The fourth-order valence-corrected chi connectivity index (χ4v) is 6.83. The standard InChI is InChI=1S/C23H26NOSi.CH3.Cu.Li/c1-19(23(25-2)20-13-7-4-8-14-20)24-26(3,21-15-9-5-10-16-21)22-17-11-6-12-18-22;;;/h4-19,23H,1-3H3;1H3;;/q2*-1;2*+1/t19-,23-;;;/m0.../s1. The van der Waals surface area contributed by atoms with Crippen molar-refractivity contribution >= 4 is 18.6 Å². The summed E-state index contributed by atoms with van der Waals surface area (Å²) in [7, 11) is -0.460. The minimum atomic E-state index is -2.23. The number of rotatable bonds is 7. The number of hydrogen-bond acceptors (Lipinski definition) is 1. The van der Waals surface area contributed by atoms with Crippen LogP contribution in [0.1, 0.15) is 18.6 Å². The van der Waals surface area contributed by atoms with Crippen molar-refractivity contribution in [2.45, 2.75) is 25.6 Å². The first-order chi connectivity index (χ1) is 12.6. The Balaban J connectivity index is 0.00000261. The van der Waals surface area contributed by atoms with E-state index in [1.807, 2.05) is 6.07 Å². The van der Waals surface area contributed by atoms with Crippen molar-refractivity contribution < 1.29 is 40.7 Å². The van der Waals surface area contributed by atoms with E-state index in [1.165, 1.54) is 15.9 Å². The average molecular weight is 446 g/mol. The van der Waals surface area contributed by atoms with Crippen LogP contribution in [0.15, 0.2) is 91.0 Å². The number of methoxy groups -OCH3 is 1. The van der Waals surface area contributed by atoms with Crippen molar-refractivity contribution in [3.63, 3.8) is 0 Å². The predicted octanol–water partition coefficient (Wildman–Crippen LogP) is 1.98. The molecule has 0 saturated carbocycles. The van der Waals surface area contributed by atoms with Gasteiger partial charge in [0.25, 0.3) is 0 Å². The van der Waals surface area contributed by atoms with Crippen molar-refractivity contribution in [3.8, 4) is 0 Å². The van der Waals surface area contributed by atoms with E-state index in [2.05, 4.69) is 98.4 Å². The van der Waals surface area contributed by atoms with Gasteiger partial charge in [-0.25, -0.2) is 0 Å². The quantitative estimate of drug-likeness (QED) is 0.403. The van der Waals surface area contributed by atoms with Gasteiger partial charge in [-0.2, -0.15) is 0 Å². The molecule has 29 heavy (non-hydrogen) atoms. The molecule has 0 aliphatic heterocycles. The normalized spacial score (nSPS) is 12.5. The van der Waals surface area contributed by atoms with Crippen LogP contribution in [-0.4, -0.2) is 21.4 Å². The first-order valence-corrected chi connectivity index (χ1v) is 11.5. The summed E-state index contributed by atoms with van der Waals surface area (Å²) in [5, 5.41) is 2.64. The van der Waals surface area contributed by atoms with E-state index in [4.69, 9.17) is 9.72 Å². The molecular weight excluding hydrogens is 417 g/mol. The molecule has 0 aliphatic rings. The Morgan fingerprint density at radius 1 is 0.759 bits per heavy atom. The minimum Gasteiger partial charge on any atom is -0.652 e. The molecule has 2 nitrogen and oxygen atoms in total. The van der Waals surface area contributed by atoms with Crippen LogP contribution in [0.5, 0.6) is 0 Å². The van der Waals surface area contributed by atoms with Crippen molar-refractivity contribution in [3.05, 3.63) is 109 Å². The van der Waals surface area contributed by atoms with Gasteiger partial charge in [0.05, 0.1) is 6.10 Å². The summed E-state index contributed by atoms with van der Waals surface area (Å²) in [4.78, 5) is 5.41. The van der Waals surface area contributed by atoms with E-state index in [1.54, 1.807) is 7.11 Å². The summed E-state index contributed by atoms with van der Waals surface area (Å²) in [5.74, 6) is 0.